The molecule has 1 aliphatic rings. The molecular formula is C37H42N6O3. The van der Waals surface area contributed by atoms with Crippen molar-refractivity contribution in [2.45, 2.75) is 32.8 Å². The van der Waals surface area contributed by atoms with Gasteiger partial charge in [-0.3, -0.25) is 9.88 Å². The Bertz CT molecular complexity index is 1640. The first kappa shape index (κ1) is 31.4. The van der Waals surface area contributed by atoms with Gasteiger partial charge in [0.2, 0.25) is 0 Å². The zero-order valence-corrected chi connectivity index (χ0v) is 26.1. The van der Waals surface area contributed by atoms with Gasteiger partial charge in [-0.05, 0) is 36.4 Å². The summed E-state index contributed by atoms with van der Waals surface area (Å²) in [6, 6.07) is 31.8. The van der Waals surface area contributed by atoms with Crippen LogP contribution in [0.25, 0.3) is 10.9 Å². The van der Waals surface area contributed by atoms with Gasteiger partial charge in [-0.25, -0.2) is 4.98 Å². The first-order valence-electron chi connectivity index (χ1n) is 16.0. The minimum atomic E-state index is 0.212. The van der Waals surface area contributed by atoms with Crippen LogP contribution < -0.4 is 25.4 Å². The van der Waals surface area contributed by atoms with Gasteiger partial charge in [0.1, 0.15) is 36.0 Å². The first-order chi connectivity index (χ1) is 22.7. The average molecular weight is 619 g/mol. The van der Waals surface area contributed by atoms with E-state index in [0.717, 1.165) is 97.5 Å². The molecule has 0 amide bonds. The number of fused-ring (bicyclic) bond motifs is 5. The molecular weight excluding hydrogens is 576 g/mol. The third kappa shape index (κ3) is 8.80. The van der Waals surface area contributed by atoms with Gasteiger partial charge in [-0.1, -0.05) is 60.7 Å². The Morgan fingerprint density at radius 2 is 1.33 bits per heavy atom. The molecule has 0 atom stereocenters. The van der Waals surface area contributed by atoms with Crippen molar-refractivity contribution in [1.29, 1.82) is 0 Å². The van der Waals surface area contributed by atoms with E-state index in [1.165, 1.54) is 0 Å². The highest BCUT2D eigenvalue weighted by atomic mass is 16.5. The molecule has 0 saturated heterocycles. The van der Waals surface area contributed by atoms with Gasteiger partial charge in [-0.15, -0.1) is 0 Å². The number of ether oxygens (including phenoxy) is 2. The number of hydrogen-bond acceptors (Lipinski definition) is 9. The Morgan fingerprint density at radius 3 is 2.00 bits per heavy atom. The number of phenolic OH excluding ortho intramolecular Hbond substituents is 1. The predicted octanol–water partition coefficient (Wildman–Crippen LogP) is 4.78. The van der Waals surface area contributed by atoms with Gasteiger partial charge >= 0.3 is 0 Å². The van der Waals surface area contributed by atoms with Crippen LogP contribution in [0.2, 0.25) is 0 Å². The summed E-state index contributed by atoms with van der Waals surface area (Å²) in [5, 5.41) is 21.9. The summed E-state index contributed by atoms with van der Waals surface area (Å²) < 4.78 is 12.5. The molecule has 9 heteroatoms. The molecule has 0 spiro atoms. The van der Waals surface area contributed by atoms with Crippen LogP contribution in [0, 0.1) is 0 Å². The van der Waals surface area contributed by atoms with Crippen molar-refractivity contribution in [3.05, 3.63) is 125 Å². The standard InChI is InChI=1S/C37H42N6O3/c44-34-12-5-9-28-15-16-31(42-37(28)34)25-40-19-22-43-20-17-38-23-29-7-1-3-13-35(29)45-26-32-10-6-11-33(41-32)27-46-36-14-4-2-8-30(36)24-39-18-21-43/h1-16,38-40,44H,17-27H2. The largest absolute Gasteiger partial charge is 0.506 e. The Morgan fingerprint density at radius 1 is 0.696 bits per heavy atom. The maximum atomic E-state index is 10.2. The minimum absolute atomic E-state index is 0.212. The van der Waals surface area contributed by atoms with Gasteiger partial charge in [0.25, 0.3) is 0 Å². The van der Waals surface area contributed by atoms with E-state index < -0.39 is 0 Å². The average Bonchev–Trinajstić information content (AvgIpc) is 3.09. The van der Waals surface area contributed by atoms with E-state index in [2.05, 4.69) is 38.0 Å². The van der Waals surface area contributed by atoms with Gasteiger partial charge in [0, 0.05) is 75.4 Å². The summed E-state index contributed by atoms with van der Waals surface area (Å²) in [5.74, 6) is 1.94. The van der Waals surface area contributed by atoms with Crippen molar-refractivity contribution in [3.63, 3.8) is 0 Å². The molecule has 9 nitrogen and oxygen atoms in total. The smallest absolute Gasteiger partial charge is 0.141 e. The molecule has 0 saturated carbocycles. The first-order valence-corrected chi connectivity index (χ1v) is 16.0. The fraction of sp³-hybridized carbons (Fsp3) is 0.297. The molecule has 1 aliphatic heterocycles. The third-order valence-electron chi connectivity index (χ3n) is 8.07. The lowest BCUT2D eigenvalue weighted by Gasteiger charge is -2.23. The lowest BCUT2D eigenvalue weighted by Crippen LogP contribution is -2.40. The maximum absolute atomic E-state index is 10.2. The number of pyridine rings is 2. The Kier molecular flexibility index (Phi) is 11.0. The van der Waals surface area contributed by atoms with Crippen LogP contribution in [-0.2, 0) is 32.8 Å². The highest BCUT2D eigenvalue weighted by Gasteiger charge is 2.10. The molecule has 5 aromatic rings. The highest BCUT2D eigenvalue weighted by molar-refractivity contribution is 5.84. The van der Waals surface area contributed by atoms with Gasteiger partial charge in [-0.2, -0.15) is 0 Å². The number of para-hydroxylation sites is 3. The van der Waals surface area contributed by atoms with Crippen LogP contribution in [0.3, 0.4) is 0 Å². The second-order valence-electron chi connectivity index (χ2n) is 11.4. The van der Waals surface area contributed by atoms with E-state index in [1.807, 2.05) is 78.9 Å². The van der Waals surface area contributed by atoms with Crippen LogP contribution in [0.1, 0.15) is 28.2 Å². The number of hydrogen-bond donors (Lipinski definition) is 4. The normalized spacial score (nSPS) is 15.2. The Labute approximate surface area is 270 Å². The maximum Gasteiger partial charge on any atom is 0.141 e. The topological polar surface area (TPSA) is 104 Å². The SMILES string of the molecule is Oc1cccc2ccc(CNCCN3CCNCc4ccccc4OCc4cccc(n4)COc4ccccc4CNCC3)nc12. The van der Waals surface area contributed by atoms with Crippen molar-refractivity contribution in [3.8, 4) is 17.2 Å². The van der Waals surface area contributed by atoms with Crippen LogP contribution in [0.15, 0.2) is 97.1 Å². The fourth-order valence-corrected chi connectivity index (χ4v) is 5.55. The number of rotatable bonds is 5. The quantitative estimate of drug-likeness (QED) is 0.207. The lowest BCUT2D eigenvalue weighted by molar-refractivity contribution is 0.268. The summed E-state index contributed by atoms with van der Waals surface area (Å²) in [7, 11) is 0. The molecule has 0 unspecified atom stereocenters. The van der Waals surface area contributed by atoms with Crippen molar-refractivity contribution in [1.82, 2.24) is 30.8 Å². The van der Waals surface area contributed by atoms with E-state index in [4.69, 9.17) is 14.5 Å². The molecule has 46 heavy (non-hydrogen) atoms. The molecule has 4 N–H and O–H groups in total. The van der Waals surface area contributed by atoms with E-state index in [1.54, 1.807) is 6.07 Å². The van der Waals surface area contributed by atoms with Crippen molar-refractivity contribution in [2.75, 3.05) is 39.3 Å². The fourth-order valence-electron chi connectivity index (χ4n) is 5.55. The molecule has 3 aromatic carbocycles. The molecule has 0 fully saturated rings. The van der Waals surface area contributed by atoms with Crippen molar-refractivity contribution < 1.29 is 14.6 Å². The van der Waals surface area contributed by atoms with E-state index in [0.29, 0.717) is 25.3 Å². The zero-order chi connectivity index (χ0) is 31.4. The van der Waals surface area contributed by atoms with Gasteiger partial charge in [0.15, 0.2) is 0 Å². The number of aromatic hydroxyl groups is 1. The monoisotopic (exact) mass is 618 g/mol. The van der Waals surface area contributed by atoms with Crippen molar-refractivity contribution >= 4 is 10.9 Å². The zero-order valence-electron chi connectivity index (χ0n) is 26.1. The van der Waals surface area contributed by atoms with Gasteiger partial charge in [0.05, 0.1) is 17.1 Å². The number of nitrogens with zero attached hydrogens (tertiary/aromatic N) is 3. The number of phenols is 1. The second kappa shape index (κ2) is 16.1. The molecule has 3 heterocycles. The molecule has 0 aliphatic carbocycles. The molecule has 6 rings (SSSR count). The molecule has 2 aromatic heterocycles. The highest BCUT2D eigenvalue weighted by Crippen LogP contribution is 2.23. The summed E-state index contributed by atoms with van der Waals surface area (Å²) >= 11 is 0. The van der Waals surface area contributed by atoms with Crippen LogP contribution >= 0.6 is 0 Å². The Hall–Kier alpha value is -4.54. The molecule has 2 bridgehead atoms. The molecule has 238 valence electrons. The number of aromatic nitrogens is 2. The summed E-state index contributed by atoms with van der Waals surface area (Å²) in [4.78, 5) is 11.9. The number of nitrogens with one attached hydrogen (secondary N) is 3. The van der Waals surface area contributed by atoms with Crippen molar-refractivity contribution in [2.24, 2.45) is 0 Å². The summed E-state index contributed by atoms with van der Waals surface area (Å²) in [5.41, 5.74) is 5.53. The minimum Gasteiger partial charge on any atom is -0.506 e. The van der Waals surface area contributed by atoms with Gasteiger partial charge < -0.3 is 30.5 Å². The summed E-state index contributed by atoms with van der Waals surface area (Å²) in [6.45, 7) is 8.09. The third-order valence-corrected chi connectivity index (χ3v) is 8.07. The predicted molar refractivity (Wildman–Crippen MR) is 181 cm³/mol. The van der Waals surface area contributed by atoms with Crippen LogP contribution in [0.4, 0.5) is 0 Å². The summed E-state index contributed by atoms with van der Waals surface area (Å²) in [6.07, 6.45) is 0. The van der Waals surface area contributed by atoms with Crippen LogP contribution in [0.5, 0.6) is 17.2 Å². The Balaban J connectivity index is 1.09. The second-order valence-corrected chi connectivity index (χ2v) is 11.4. The lowest BCUT2D eigenvalue weighted by atomic mass is 10.2. The van der Waals surface area contributed by atoms with E-state index >= 15 is 0 Å². The van der Waals surface area contributed by atoms with Crippen LogP contribution in [-0.4, -0.2) is 59.2 Å². The van der Waals surface area contributed by atoms with E-state index in [-0.39, 0.29) is 5.75 Å². The number of benzene rings is 3. The molecule has 0 radical (unpaired) electrons. The van der Waals surface area contributed by atoms with E-state index in [9.17, 15) is 5.11 Å².